The van der Waals surface area contributed by atoms with Gasteiger partial charge in [0.2, 0.25) is 0 Å². The van der Waals surface area contributed by atoms with Gasteiger partial charge in [0.25, 0.3) is 0 Å². The van der Waals surface area contributed by atoms with Gasteiger partial charge in [-0.05, 0) is 18.3 Å². The largest absolute Gasteiger partial charge is 0.0654 e. The Kier molecular flexibility index (Phi) is 10.5. The first-order valence-corrected chi connectivity index (χ1v) is 7.28. The topological polar surface area (TPSA) is 0 Å². The minimum absolute atomic E-state index is 0.990. The van der Waals surface area contributed by atoms with Gasteiger partial charge in [0.05, 0.1) is 0 Å². The first-order valence-electron chi connectivity index (χ1n) is 7.28. The molecule has 0 amide bonds. The number of hydrogen-bond donors (Lipinski definition) is 0. The number of hydrogen-bond acceptors (Lipinski definition) is 0. The van der Waals surface area contributed by atoms with E-state index in [4.69, 9.17) is 0 Å². The lowest BCUT2D eigenvalue weighted by molar-refractivity contribution is 0.310. The molecule has 0 atom stereocenters. The molecule has 92 valence electrons. The lowest BCUT2D eigenvalue weighted by atomic mass is 9.85. The van der Waals surface area contributed by atoms with Crippen molar-refractivity contribution in [3.05, 3.63) is 0 Å². The molecule has 0 radical (unpaired) electrons. The van der Waals surface area contributed by atoms with Gasteiger partial charge >= 0.3 is 0 Å². The molecule has 0 bridgehead atoms. The first-order chi connectivity index (χ1) is 7.28. The summed E-state index contributed by atoms with van der Waals surface area (Å²) in [5.41, 5.74) is 0. The van der Waals surface area contributed by atoms with Crippen LogP contribution >= 0.6 is 0 Å². The van der Waals surface area contributed by atoms with E-state index in [0.717, 1.165) is 11.8 Å². The SMILES string of the molecule is CCCCC(CCCC)CC(CC)CC. The van der Waals surface area contributed by atoms with Crippen LogP contribution in [0.5, 0.6) is 0 Å². The molecule has 0 aliphatic heterocycles. The number of unbranched alkanes of at least 4 members (excludes halogenated alkanes) is 2. The van der Waals surface area contributed by atoms with Crippen molar-refractivity contribution >= 4 is 0 Å². The Morgan fingerprint density at radius 3 is 1.47 bits per heavy atom. The van der Waals surface area contributed by atoms with E-state index in [9.17, 15) is 0 Å². The Labute approximate surface area is 97.8 Å². The zero-order valence-electron chi connectivity index (χ0n) is 11.5. The summed E-state index contributed by atoms with van der Waals surface area (Å²) in [6.45, 7) is 9.33. The molecule has 0 aromatic heterocycles. The molecular formula is C15H32. The third-order valence-electron chi connectivity index (χ3n) is 3.75. The fourth-order valence-electron chi connectivity index (χ4n) is 2.46. The third-order valence-corrected chi connectivity index (χ3v) is 3.75. The second kappa shape index (κ2) is 10.5. The second-order valence-corrected chi connectivity index (χ2v) is 5.07. The zero-order chi connectivity index (χ0) is 11.5. The van der Waals surface area contributed by atoms with Crippen LogP contribution in [0.4, 0.5) is 0 Å². The lowest BCUT2D eigenvalue weighted by Gasteiger charge is -2.21. The molecule has 0 aliphatic rings. The summed E-state index contributed by atoms with van der Waals surface area (Å²) in [5, 5.41) is 0. The molecule has 0 aliphatic carbocycles. The Morgan fingerprint density at radius 1 is 0.667 bits per heavy atom. The van der Waals surface area contributed by atoms with E-state index in [0.29, 0.717) is 0 Å². The van der Waals surface area contributed by atoms with Crippen LogP contribution in [0.1, 0.15) is 85.5 Å². The smallest absolute Gasteiger partial charge is 0.0412 e. The van der Waals surface area contributed by atoms with E-state index >= 15 is 0 Å². The van der Waals surface area contributed by atoms with Gasteiger partial charge in [0.15, 0.2) is 0 Å². The third kappa shape index (κ3) is 7.88. The molecule has 0 unspecified atom stereocenters. The highest BCUT2D eigenvalue weighted by atomic mass is 14.2. The van der Waals surface area contributed by atoms with Gasteiger partial charge in [0.1, 0.15) is 0 Å². The highest BCUT2D eigenvalue weighted by molar-refractivity contribution is 4.65. The minimum Gasteiger partial charge on any atom is -0.0654 e. The van der Waals surface area contributed by atoms with Crippen LogP contribution in [0.25, 0.3) is 0 Å². The molecule has 0 saturated heterocycles. The summed E-state index contributed by atoms with van der Waals surface area (Å²) in [5.74, 6) is 2.01. The summed E-state index contributed by atoms with van der Waals surface area (Å²) in [4.78, 5) is 0. The maximum absolute atomic E-state index is 2.35. The molecule has 0 heterocycles. The summed E-state index contributed by atoms with van der Waals surface area (Å²) in [7, 11) is 0. The zero-order valence-corrected chi connectivity index (χ0v) is 11.5. The fraction of sp³-hybridized carbons (Fsp3) is 1.00. The maximum atomic E-state index is 2.35. The summed E-state index contributed by atoms with van der Waals surface area (Å²) in [6, 6.07) is 0. The molecule has 0 saturated carbocycles. The fourth-order valence-corrected chi connectivity index (χ4v) is 2.46. The molecule has 0 aromatic rings. The van der Waals surface area contributed by atoms with Crippen molar-refractivity contribution in [3.63, 3.8) is 0 Å². The molecule has 0 aromatic carbocycles. The quantitative estimate of drug-likeness (QED) is 0.429. The number of rotatable bonds is 10. The van der Waals surface area contributed by atoms with Gasteiger partial charge in [-0.3, -0.25) is 0 Å². The Balaban J connectivity index is 3.86. The highest BCUT2D eigenvalue weighted by Gasteiger charge is 2.13. The van der Waals surface area contributed by atoms with Crippen LogP contribution in [0.3, 0.4) is 0 Å². The van der Waals surface area contributed by atoms with Crippen molar-refractivity contribution < 1.29 is 0 Å². The van der Waals surface area contributed by atoms with Crippen molar-refractivity contribution in [2.24, 2.45) is 11.8 Å². The predicted molar refractivity (Wildman–Crippen MR) is 71.2 cm³/mol. The van der Waals surface area contributed by atoms with E-state index in [1.54, 1.807) is 0 Å². The van der Waals surface area contributed by atoms with Crippen LogP contribution in [-0.4, -0.2) is 0 Å². The predicted octanol–water partition coefficient (Wildman–Crippen LogP) is 5.81. The molecule has 0 nitrogen and oxygen atoms in total. The average molecular weight is 212 g/mol. The molecule has 0 heteroatoms. The summed E-state index contributed by atoms with van der Waals surface area (Å²) >= 11 is 0. The van der Waals surface area contributed by atoms with Gasteiger partial charge < -0.3 is 0 Å². The Morgan fingerprint density at radius 2 is 1.13 bits per heavy atom. The van der Waals surface area contributed by atoms with Gasteiger partial charge in [-0.25, -0.2) is 0 Å². The van der Waals surface area contributed by atoms with Crippen molar-refractivity contribution in [3.8, 4) is 0 Å². The maximum Gasteiger partial charge on any atom is -0.0412 e. The van der Waals surface area contributed by atoms with E-state index in [1.807, 2.05) is 0 Å². The highest BCUT2D eigenvalue weighted by Crippen LogP contribution is 2.26. The van der Waals surface area contributed by atoms with Gasteiger partial charge in [-0.1, -0.05) is 79.1 Å². The van der Waals surface area contributed by atoms with Crippen LogP contribution in [-0.2, 0) is 0 Å². The van der Waals surface area contributed by atoms with Gasteiger partial charge in [0, 0.05) is 0 Å². The monoisotopic (exact) mass is 212 g/mol. The van der Waals surface area contributed by atoms with E-state index in [2.05, 4.69) is 27.7 Å². The van der Waals surface area contributed by atoms with Crippen molar-refractivity contribution in [1.82, 2.24) is 0 Å². The van der Waals surface area contributed by atoms with Crippen LogP contribution in [0.2, 0.25) is 0 Å². The normalized spacial score (nSPS) is 11.6. The van der Waals surface area contributed by atoms with Crippen LogP contribution in [0.15, 0.2) is 0 Å². The van der Waals surface area contributed by atoms with E-state index < -0.39 is 0 Å². The molecule has 0 N–H and O–H groups in total. The van der Waals surface area contributed by atoms with Crippen molar-refractivity contribution in [2.45, 2.75) is 85.5 Å². The molecule has 0 spiro atoms. The van der Waals surface area contributed by atoms with Gasteiger partial charge in [-0.2, -0.15) is 0 Å². The Bertz CT molecular complexity index is 105. The standard InChI is InChI=1S/C15H32/c1-5-9-11-15(12-10-6-2)13-14(7-3)8-4/h14-15H,5-13H2,1-4H3. The Hall–Kier alpha value is 0. The van der Waals surface area contributed by atoms with E-state index in [1.165, 1.54) is 57.8 Å². The average Bonchev–Trinajstić information content (AvgIpc) is 2.28. The summed E-state index contributed by atoms with van der Waals surface area (Å²) < 4.78 is 0. The van der Waals surface area contributed by atoms with E-state index in [-0.39, 0.29) is 0 Å². The van der Waals surface area contributed by atoms with Crippen molar-refractivity contribution in [1.29, 1.82) is 0 Å². The molecule has 0 fully saturated rings. The second-order valence-electron chi connectivity index (χ2n) is 5.07. The van der Waals surface area contributed by atoms with Crippen LogP contribution < -0.4 is 0 Å². The molecule has 0 rings (SSSR count). The van der Waals surface area contributed by atoms with Crippen LogP contribution in [0, 0.1) is 11.8 Å². The lowest BCUT2D eigenvalue weighted by Crippen LogP contribution is -2.08. The molecular weight excluding hydrogens is 180 g/mol. The van der Waals surface area contributed by atoms with Crippen molar-refractivity contribution in [2.75, 3.05) is 0 Å². The van der Waals surface area contributed by atoms with Gasteiger partial charge in [-0.15, -0.1) is 0 Å². The summed E-state index contributed by atoms with van der Waals surface area (Å²) in [6.07, 6.45) is 12.8. The first kappa shape index (κ1) is 15.0. The minimum atomic E-state index is 0.990. The molecule has 15 heavy (non-hydrogen) atoms.